The molecular weight excluding hydrogens is 415 g/mol. The third kappa shape index (κ3) is 3.68. The molecule has 155 valence electrons. The standard InChI is InChI=1S/C14H8F13/c1-5(15)12(22,23)14(26,27)13(24,25)11(20,21)3-2-6-4-7(16)9(18)10(19)8(6)17/h5H,2-3H2,1H3. The molecule has 0 aliphatic rings. The molecule has 0 aliphatic heterocycles. The number of hydrogen-bond donors (Lipinski definition) is 0. The van der Waals surface area contributed by atoms with Gasteiger partial charge in [-0.05, 0) is 13.3 Å². The molecule has 0 aliphatic carbocycles. The van der Waals surface area contributed by atoms with Crippen molar-refractivity contribution in [2.75, 3.05) is 0 Å². The summed E-state index contributed by atoms with van der Waals surface area (Å²) in [5.74, 6) is -35.4. The van der Waals surface area contributed by atoms with E-state index < -0.39 is 71.5 Å². The lowest BCUT2D eigenvalue weighted by Gasteiger charge is -2.37. The lowest BCUT2D eigenvalue weighted by molar-refractivity contribution is -0.375. The van der Waals surface area contributed by atoms with Gasteiger partial charge in [0.1, 0.15) is 0 Å². The van der Waals surface area contributed by atoms with Crippen LogP contribution < -0.4 is 0 Å². The van der Waals surface area contributed by atoms with Gasteiger partial charge in [-0.2, -0.15) is 35.1 Å². The largest absolute Gasteiger partial charge is 0.381 e. The molecule has 0 fully saturated rings. The van der Waals surface area contributed by atoms with E-state index in [4.69, 9.17) is 0 Å². The third-order valence-electron chi connectivity index (χ3n) is 3.56. The number of hydrogen-bond acceptors (Lipinski definition) is 0. The van der Waals surface area contributed by atoms with Gasteiger partial charge in [-0.3, -0.25) is 0 Å². The molecule has 27 heavy (non-hydrogen) atoms. The van der Waals surface area contributed by atoms with Crippen molar-refractivity contribution in [3.63, 3.8) is 0 Å². The Morgan fingerprint density at radius 2 is 1.26 bits per heavy atom. The predicted molar refractivity (Wildman–Crippen MR) is 63.8 cm³/mol. The number of halogens is 13. The predicted octanol–water partition coefficient (Wildman–Crippen LogP) is 5.87. The summed E-state index contributed by atoms with van der Waals surface area (Å²) < 4.78 is 171. The van der Waals surface area contributed by atoms with E-state index in [2.05, 4.69) is 0 Å². The molecule has 1 atom stereocenters. The van der Waals surface area contributed by atoms with Crippen molar-refractivity contribution in [1.82, 2.24) is 0 Å². The minimum atomic E-state index is -6.88. The van der Waals surface area contributed by atoms with Gasteiger partial charge in [-0.25, -0.2) is 22.0 Å². The zero-order valence-electron chi connectivity index (χ0n) is 12.9. The molecule has 0 aromatic heterocycles. The smallest absolute Gasteiger partial charge is 0.241 e. The van der Waals surface area contributed by atoms with E-state index >= 15 is 0 Å². The summed E-state index contributed by atoms with van der Waals surface area (Å²) in [5.41, 5.74) is -1.56. The van der Waals surface area contributed by atoms with Gasteiger partial charge in [0.15, 0.2) is 29.4 Å². The van der Waals surface area contributed by atoms with E-state index in [-0.39, 0.29) is 6.92 Å². The fraction of sp³-hybridized carbons (Fsp3) is 0.571. The Kier molecular flexibility index (Phi) is 6.09. The van der Waals surface area contributed by atoms with Crippen molar-refractivity contribution in [3.05, 3.63) is 34.9 Å². The van der Waals surface area contributed by atoms with E-state index in [0.717, 1.165) is 6.07 Å². The maximum absolute atomic E-state index is 13.5. The number of benzene rings is 1. The summed E-state index contributed by atoms with van der Waals surface area (Å²) in [4.78, 5) is 0. The van der Waals surface area contributed by atoms with Crippen molar-refractivity contribution in [2.24, 2.45) is 0 Å². The van der Waals surface area contributed by atoms with Crippen LogP contribution in [-0.2, 0) is 6.42 Å². The second-order valence-corrected chi connectivity index (χ2v) is 5.45. The van der Waals surface area contributed by atoms with Crippen LogP contribution in [0.15, 0.2) is 0 Å². The lowest BCUT2D eigenvalue weighted by atomic mass is 9.92. The van der Waals surface area contributed by atoms with Crippen LogP contribution in [0.2, 0.25) is 0 Å². The topological polar surface area (TPSA) is 0 Å². The van der Waals surface area contributed by atoms with E-state index in [0.29, 0.717) is 0 Å². The number of aryl methyl sites for hydroxylation is 1. The summed E-state index contributed by atoms with van der Waals surface area (Å²) in [6.45, 7) is -0.267. The molecule has 1 rings (SSSR count). The Morgan fingerprint density at radius 1 is 0.778 bits per heavy atom. The quantitative estimate of drug-likeness (QED) is 0.292. The van der Waals surface area contributed by atoms with Gasteiger partial charge >= 0.3 is 23.7 Å². The van der Waals surface area contributed by atoms with Crippen LogP contribution >= 0.6 is 0 Å². The first kappa shape index (κ1) is 23.3. The molecule has 1 radical (unpaired) electrons. The highest BCUT2D eigenvalue weighted by molar-refractivity contribution is 5.21. The van der Waals surface area contributed by atoms with Crippen molar-refractivity contribution < 1.29 is 57.1 Å². The number of alkyl halides is 9. The lowest BCUT2D eigenvalue weighted by Crippen LogP contribution is -2.64. The summed E-state index contributed by atoms with van der Waals surface area (Å²) >= 11 is 0. The number of rotatable bonds is 7. The van der Waals surface area contributed by atoms with Crippen LogP contribution in [0.1, 0.15) is 18.9 Å². The summed E-state index contributed by atoms with van der Waals surface area (Å²) in [7, 11) is 0. The van der Waals surface area contributed by atoms with Gasteiger partial charge in [0, 0.05) is 18.1 Å². The Bertz CT molecular complexity index is 693. The molecule has 1 aromatic rings. The van der Waals surface area contributed by atoms with Crippen LogP contribution in [0.25, 0.3) is 0 Å². The highest BCUT2D eigenvalue weighted by atomic mass is 19.4. The third-order valence-corrected chi connectivity index (χ3v) is 3.56. The van der Waals surface area contributed by atoms with Gasteiger partial charge in [0.25, 0.3) is 0 Å². The highest BCUT2D eigenvalue weighted by Gasteiger charge is 2.81. The van der Waals surface area contributed by atoms with Gasteiger partial charge in [-0.15, -0.1) is 0 Å². The first-order valence-corrected chi connectivity index (χ1v) is 6.81. The van der Waals surface area contributed by atoms with Crippen LogP contribution in [0.5, 0.6) is 0 Å². The van der Waals surface area contributed by atoms with Gasteiger partial charge < -0.3 is 0 Å². The molecule has 0 N–H and O–H groups in total. The highest BCUT2D eigenvalue weighted by Crippen LogP contribution is 2.55. The monoisotopic (exact) mass is 423 g/mol. The van der Waals surface area contributed by atoms with Crippen molar-refractivity contribution >= 4 is 0 Å². The van der Waals surface area contributed by atoms with Crippen molar-refractivity contribution in [3.8, 4) is 0 Å². The maximum atomic E-state index is 13.5. The Labute approximate surface area is 143 Å². The summed E-state index contributed by atoms with van der Waals surface area (Å²) in [6, 6.07) is 1.07. The zero-order valence-corrected chi connectivity index (χ0v) is 12.9. The van der Waals surface area contributed by atoms with Crippen molar-refractivity contribution in [1.29, 1.82) is 0 Å². The molecule has 13 heteroatoms. The van der Waals surface area contributed by atoms with Gasteiger partial charge in [0.2, 0.25) is 0 Å². The fourth-order valence-corrected chi connectivity index (χ4v) is 1.87. The molecule has 0 spiro atoms. The van der Waals surface area contributed by atoms with E-state index in [9.17, 15) is 57.1 Å². The minimum absolute atomic E-state index is 0.267. The normalized spacial score (nSPS) is 15.2. The van der Waals surface area contributed by atoms with E-state index in [1.165, 1.54) is 0 Å². The molecule has 0 nitrogen and oxygen atoms in total. The zero-order chi connectivity index (χ0) is 21.6. The summed E-state index contributed by atoms with van der Waals surface area (Å²) in [6.07, 6.45) is -8.28. The molecule has 1 aromatic carbocycles. The SMILES string of the molecule is CC(F)C(F)(F)C(F)(F)C(F)(F)C(F)(F)CCc1[c]c(F)c(F)c(F)c1F. The molecule has 0 saturated carbocycles. The minimum Gasteiger partial charge on any atom is -0.241 e. The molecule has 1 unspecified atom stereocenters. The van der Waals surface area contributed by atoms with Gasteiger partial charge in [0.05, 0.1) is 0 Å². The molecule has 0 amide bonds. The van der Waals surface area contributed by atoms with Crippen molar-refractivity contribution in [2.45, 2.75) is 49.6 Å². The first-order valence-electron chi connectivity index (χ1n) is 6.81. The average Bonchev–Trinajstić information content (AvgIpc) is 2.54. The van der Waals surface area contributed by atoms with Crippen LogP contribution in [0.3, 0.4) is 0 Å². The molecule has 0 bridgehead atoms. The van der Waals surface area contributed by atoms with Crippen LogP contribution in [-0.4, -0.2) is 29.9 Å². The van der Waals surface area contributed by atoms with E-state index in [1.807, 2.05) is 0 Å². The maximum Gasteiger partial charge on any atom is 0.381 e. The van der Waals surface area contributed by atoms with Crippen LogP contribution in [0.4, 0.5) is 57.1 Å². The Hall–Kier alpha value is -1.69. The molecule has 0 heterocycles. The van der Waals surface area contributed by atoms with E-state index in [1.54, 1.807) is 0 Å². The second kappa shape index (κ2) is 7.04. The second-order valence-electron chi connectivity index (χ2n) is 5.45. The fourth-order valence-electron chi connectivity index (χ4n) is 1.87. The Morgan fingerprint density at radius 3 is 1.70 bits per heavy atom. The average molecular weight is 423 g/mol. The summed E-state index contributed by atoms with van der Waals surface area (Å²) in [5, 5.41) is 0. The molecule has 0 saturated heterocycles. The van der Waals surface area contributed by atoms with Crippen LogP contribution in [0, 0.1) is 29.3 Å². The first-order chi connectivity index (χ1) is 11.9. The Balaban J connectivity index is 3.20. The molecular formula is C14H8F13. The van der Waals surface area contributed by atoms with Gasteiger partial charge in [-0.1, -0.05) is 0 Å².